The van der Waals surface area contributed by atoms with E-state index >= 15 is 0 Å². The molecule has 2 atom stereocenters. The third-order valence-electron chi connectivity index (χ3n) is 3.75. The van der Waals surface area contributed by atoms with Crippen LogP contribution in [0, 0.1) is 11.7 Å². The summed E-state index contributed by atoms with van der Waals surface area (Å²) in [6.07, 6.45) is 2.70. The highest BCUT2D eigenvalue weighted by atomic mass is 35.5. The molecule has 0 saturated carbocycles. The Hall–Kier alpha value is -1.06. The predicted molar refractivity (Wildman–Crippen MR) is 72.8 cm³/mol. The summed E-state index contributed by atoms with van der Waals surface area (Å²) >= 11 is 0. The van der Waals surface area contributed by atoms with Crippen LogP contribution in [-0.2, 0) is 0 Å². The summed E-state index contributed by atoms with van der Waals surface area (Å²) in [5, 5.41) is 4.43. The molecule has 0 amide bonds. The molecule has 0 bridgehead atoms. The summed E-state index contributed by atoms with van der Waals surface area (Å²) in [6.45, 7) is 4.22. The SMILES string of the molecule is C[C@@H]1CNCC[C@@H]1c1cc(F)cc2occc12.Cl. The van der Waals surface area contributed by atoms with Crippen LogP contribution in [-0.4, -0.2) is 13.1 Å². The van der Waals surface area contributed by atoms with Crippen molar-refractivity contribution >= 4 is 23.4 Å². The van der Waals surface area contributed by atoms with E-state index in [9.17, 15) is 4.39 Å². The highest BCUT2D eigenvalue weighted by Gasteiger charge is 2.25. The molecule has 1 aliphatic heterocycles. The topological polar surface area (TPSA) is 25.2 Å². The fourth-order valence-corrected chi connectivity index (χ4v) is 2.85. The number of piperidine rings is 1. The molecule has 1 aromatic carbocycles. The normalized spacial score (nSPS) is 23.9. The molecule has 2 nitrogen and oxygen atoms in total. The van der Waals surface area contributed by atoms with Gasteiger partial charge in [-0.05, 0) is 49.0 Å². The van der Waals surface area contributed by atoms with Gasteiger partial charge >= 0.3 is 0 Å². The van der Waals surface area contributed by atoms with Crippen molar-refractivity contribution in [2.24, 2.45) is 5.92 Å². The van der Waals surface area contributed by atoms with E-state index in [1.165, 1.54) is 6.07 Å². The smallest absolute Gasteiger partial charge is 0.137 e. The van der Waals surface area contributed by atoms with Crippen molar-refractivity contribution in [2.75, 3.05) is 13.1 Å². The molecule has 4 heteroatoms. The Kier molecular flexibility index (Phi) is 3.93. The quantitative estimate of drug-likeness (QED) is 0.854. The Bertz CT molecular complexity index is 540. The molecule has 98 valence electrons. The molecule has 1 fully saturated rings. The highest BCUT2D eigenvalue weighted by molar-refractivity contribution is 5.85. The van der Waals surface area contributed by atoms with E-state index in [4.69, 9.17) is 4.42 Å². The predicted octanol–water partition coefficient (Wildman–Crippen LogP) is 3.71. The Morgan fingerprint density at radius 1 is 1.39 bits per heavy atom. The Morgan fingerprint density at radius 2 is 2.22 bits per heavy atom. The summed E-state index contributed by atoms with van der Waals surface area (Å²) in [6, 6.07) is 5.08. The number of rotatable bonds is 1. The van der Waals surface area contributed by atoms with Crippen LogP contribution >= 0.6 is 12.4 Å². The molecule has 2 aromatic rings. The van der Waals surface area contributed by atoms with E-state index in [0.717, 1.165) is 30.5 Å². The zero-order valence-electron chi connectivity index (χ0n) is 10.3. The minimum absolute atomic E-state index is 0. The largest absolute Gasteiger partial charge is 0.464 e. The van der Waals surface area contributed by atoms with Gasteiger partial charge in [0, 0.05) is 11.5 Å². The summed E-state index contributed by atoms with van der Waals surface area (Å²) in [5.41, 5.74) is 1.76. The van der Waals surface area contributed by atoms with Crippen LogP contribution in [0.2, 0.25) is 0 Å². The molecule has 1 N–H and O–H groups in total. The number of benzene rings is 1. The third kappa shape index (κ3) is 2.25. The summed E-state index contributed by atoms with van der Waals surface area (Å²) in [4.78, 5) is 0. The molecule has 1 aromatic heterocycles. The molecule has 1 saturated heterocycles. The van der Waals surface area contributed by atoms with Crippen molar-refractivity contribution in [3.63, 3.8) is 0 Å². The van der Waals surface area contributed by atoms with Gasteiger partial charge in [0.1, 0.15) is 11.4 Å². The Balaban J connectivity index is 0.00000120. The van der Waals surface area contributed by atoms with Gasteiger partial charge in [-0.25, -0.2) is 4.39 Å². The minimum Gasteiger partial charge on any atom is -0.464 e. The number of fused-ring (bicyclic) bond motifs is 1. The maximum Gasteiger partial charge on any atom is 0.137 e. The first-order chi connectivity index (χ1) is 8.25. The van der Waals surface area contributed by atoms with Gasteiger partial charge in [0.2, 0.25) is 0 Å². The average Bonchev–Trinajstić information content (AvgIpc) is 2.76. The van der Waals surface area contributed by atoms with Crippen LogP contribution in [0.5, 0.6) is 0 Å². The zero-order chi connectivity index (χ0) is 11.8. The first-order valence-corrected chi connectivity index (χ1v) is 6.13. The van der Waals surface area contributed by atoms with Gasteiger partial charge in [0.05, 0.1) is 6.26 Å². The molecule has 0 spiro atoms. The second-order valence-corrected chi connectivity index (χ2v) is 4.90. The van der Waals surface area contributed by atoms with Crippen LogP contribution in [0.15, 0.2) is 28.9 Å². The minimum atomic E-state index is -0.201. The summed E-state index contributed by atoms with van der Waals surface area (Å²) < 4.78 is 18.9. The standard InChI is InChI=1S/C14H16FNO.ClH/c1-9-8-16-4-2-11(9)13-6-10(15)7-14-12(13)3-5-17-14;/h3,5-7,9,11,16H,2,4,8H2,1H3;1H/t9-,11+;/m1./s1. The third-order valence-corrected chi connectivity index (χ3v) is 3.75. The van der Waals surface area contributed by atoms with E-state index in [2.05, 4.69) is 12.2 Å². The van der Waals surface area contributed by atoms with Crippen molar-refractivity contribution in [3.8, 4) is 0 Å². The van der Waals surface area contributed by atoms with Gasteiger partial charge in [-0.1, -0.05) is 6.92 Å². The number of furan rings is 1. The fourth-order valence-electron chi connectivity index (χ4n) is 2.85. The lowest BCUT2D eigenvalue weighted by Gasteiger charge is -2.30. The highest BCUT2D eigenvalue weighted by Crippen LogP contribution is 2.35. The maximum absolute atomic E-state index is 13.6. The van der Waals surface area contributed by atoms with Gasteiger partial charge in [-0.3, -0.25) is 0 Å². The van der Waals surface area contributed by atoms with Crippen molar-refractivity contribution in [1.82, 2.24) is 5.32 Å². The molecule has 0 unspecified atom stereocenters. The van der Waals surface area contributed by atoms with Crippen molar-refractivity contribution in [2.45, 2.75) is 19.3 Å². The van der Waals surface area contributed by atoms with Crippen LogP contribution in [0.3, 0.4) is 0 Å². The monoisotopic (exact) mass is 269 g/mol. The molecular formula is C14H17ClFNO. The fraction of sp³-hybridized carbons (Fsp3) is 0.429. The number of nitrogens with one attached hydrogen (secondary N) is 1. The molecule has 0 aliphatic carbocycles. The van der Waals surface area contributed by atoms with E-state index in [1.807, 2.05) is 6.07 Å². The molecule has 0 radical (unpaired) electrons. The van der Waals surface area contributed by atoms with E-state index < -0.39 is 0 Å². The van der Waals surface area contributed by atoms with Crippen LogP contribution in [0.25, 0.3) is 11.0 Å². The van der Waals surface area contributed by atoms with Crippen LogP contribution < -0.4 is 5.32 Å². The second-order valence-electron chi connectivity index (χ2n) is 4.90. The first kappa shape index (κ1) is 13.4. The van der Waals surface area contributed by atoms with Gasteiger partial charge < -0.3 is 9.73 Å². The van der Waals surface area contributed by atoms with Crippen molar-refractivity contribution in [1.29, 1.82) is 0 Å². The summed E-state index contributed by atoms with van der Waals surface area (Å²) in [5.74, 6) is 0.754. The number of hydrogen-bond donors (Lipinski definition) is 1. The Morgan fingerprint density at radius 3 is 3.00 bits per heavy atom. The molecular weight excluding hydrogens is 253 g/mol. The van der Waals surface area contributed by atoms with E-state index in [1.54, 1.807) is 12.3 Å². The maximum atomic E-state index is 13.6. The van der Waals surface area contributed by atoms with Gasteiger partial charge in [0.25, 0.3) is 0 Å². The number of halogens is 2. The molecule has 2 heterocycles. The Labute approximate surface area is 112 Å². The summed E-state index contributed by atoms with van der Waals surface area (Å²) in [7, 11) is 0. The van der Waals surface area contributed by atoms with Crippen molar-refractivity contribution in [3.05, 3.63) is 35.8 Å². The lowest BCUT2D eigenvalue weighted by atomic mass is 9.81. The second kappa shape index (κ2) is 5.29. The van der Waals surface area contributed by atoms with Crippen LogP contribution in [0.1, 0.15) is 24.8 Å². The number of hydrogen-bond acceptors (Lipinski definition) is 2. The van der Waals surface area contributed by atoms with Crippen molar-refractivity contribution < 1.29 is 8.81 Å². The first-order valence-electron chi connectivity index (χ1n) is 6.13. The van der Waals surface area contributed by atoms with Gasteiger partial charge in [0.15, 0.2) is 0 Å². The lowest BCUT2D eigenvalue weighted by molar-refractivity contribution is 0.350. The molecule has 18 heavy (non-hydrogen) atoms. The van der Waals surface area contributed by atoms with E-state index in [-0.39, 0.29) is 18.2 Å². The average molecular weight is 270 g/mol. The molecule has 3 rings (SSSR count). The zero-order valence-corrected chi connectivity index (χ0v) is 11.1. The lowest BCUT2D eigenvalue weighted by Crippen LogP contribution is -2.33. The van der Waals surface area contributed by atoms with Gasteiger partial charge in [-0.15, -0.1) is 12.4 Å². The van der Waals surface area contributed by atoms with E-state index in [0.29, 0.717) is 17.4 Å². The van der Waals surface area contributed by atoms with Crippen LogP contribution in [0.4, 0.5) is 4.39 Å². The molecule has 1 aliphatic rings. The van der Waals surface area contributed by atoms with Gasteiger partial charge in [-0.2, -0.15) is 0 Å².